The molecule has 4 rings (SSSR count). The number of amides is 2. The van der Waals surface area contributed by atoms with E-state index < -0.39 is 113 Å². The van der Waals surface area contributed by atoms with Crippen LogP contribution in [0.5, 0.6) is 0 Å². The molecule has 0 saturated carbocycles. The molecule has 53 heavy (non-hydrogen) atoms. The van der Waals surface area contributed by atoms with Gasteiger partial charge in [-0.1, -0.05) is 27.7 Å². The maximum Gasteiger partial charge on any atom is 0.408 e. The summed E-state index contributed by atoms with van der Waals surface area (Å²) < 4.78 is 38.2. The van der Waals surface area contributed by atoms with Crippen LogP contribution in [0.2, 0.25) is 0 Å². The summed E-state index contributed by atoms with van der Waals surface area (Å²) in [7, 11) is -4.51. The number of carbonyl (C=O) groups is 8. The second-order valence-electron chi connectivity index (χ2n) is 15.8. The molecule has 0 aromatic heterocycles. The Labute approximate surface area is 307 Å². The highest BCUT2D eigenvalue weighted by molar-refractivity contribution is 7.91. The molecular formula is C38H44N2O12S. The van der Waals surface area contributed by atoms with Crippen LogP contribution in [0, 0.1) is 23.7 Å². The van der Waals surface area contributed by atoms with E-state index in [-0.39, 0.29) is 22.3 Å². The molecule has 2 amide bonds. The van der Waals surface area contributed by atoms with E-state index >= 15 is 0 Å². The van der Waals surface area contributed by atoms with Crippen molar-refractivity contribution in [1.29, 1.82) is 0 Å². The third-order valence-corrected chi connectivity index (χ3v) is 10.3. The second-order valence-corrected chi connectivity index (χ2v) is 17.7. The Bertz CT molecular complexity index is 1910. The van der Waals surface area contributed by atoms with Crippen LogP contribution in [0.25, 0.3) is 0 Å². The molecule has 14 nitrogen and oxygen atoms in total. The van der Waals surface area contributed by atoms with Gasteiger partial charge < -0.3 is 20.1 Å². The molecule has 0 bridgehead atoms. The van der Waals surface area contributed by atoms with Gasteiger partial charge in [0.1, 0.15) is 23.0 Å². The number of Topliss-reactive ketones (excluding diaryl/α,β-unsaturated/α-hetero) is 6. The number of hydrogen-bond acceptors (Lipinski definition) is 12. The Balaban J connectivity index is 1.61. The van der Waals surface area contributed by atoms with E-state index in [1.807, 2.05) is 0 Å². The molecule has 2 aromatic carbocycles. The Hall–Kier alpha value is -5.05. The van der Waals surface area contributed by atoms with E-state index in [0.29, 0.717) is 0 Å². The normalized spacial score (nSPS) is 18.4. The van der Waals surface area contributed by atoms with E-state index in [9.17, 15) is 46.8 Å². The van der Waals surface area contributed by atoms with Gasteiger partial charge in [0.25, 0.3) is 0 Å². The topological polar surface area (TPSA) is 213 Å². The fraction of sp³-hybridized carbons (Fsp3) is 0.474. The molecule has 2 aromatic rings. The van der Waals surface area contributed by atoms with E-state index in [4.69, 9.17) is 9.47 Å². The Morgan fingerprint density at radius 2 is 0.868 bits per heavy atom. The molecule has 4 atom stereocenters. The van der Waals surface area contributed by atoms with E-state index in [1.54, 1.807) is 69.2 Å². The molecule has 15 heteroatoms. The van der Waals surface area contributed by atoms with Gasteiger partial charge >= 0.3 is 12.2 Å². The number of rotatable bonds is 10. The van der Waals surface area contributed by atoms with Gasteiger partial charge in [0.15, 0.2) is 34.7 Å². The summed E-state index contributed by atoms with van der Waals surface area (Å²) in [6, 6.07) is 3.76. The quantitative estimate of drug-likeness (QED) is 0.315. The summed E-state index contributed by atoms with van der Waals surface area (Å²) in [5.74, 6) is -10.1. The average Bonchev–Trinajstić information content (AvgIpc) is 3.43. The Kier molecular flexibility index (Phi) is 11.1. The van der Waals surface area contributed by atoms with Gasteiger partial charge in [0, 0.05) is 22.3 Å². The predicted octanol–water partition coefficient (Wildman–Crippen LogP) is 4.75. The number of hydrogen-bond donors (Lipinski definition) is 2. The van der Waals surface area contributed by atoms with Crippen LogP contribution in [-0.2, 0) is 28.9 Å². The maximum atomic E-state index is 13.9. The summed E-state index contributed by atoms with van der Waals surface area (Å²) in [5.41, 5.74) is -2.76. The summed E-state index contributed by atoms with van der Waals surface area (Å²) in [5, 5.41) is 4.86. The summed E-state index contributed by atoms with van der Waals surface area (Å²) in [4.78, 5) is 105. The van der Waals surface area contributed by atoms with Crippen molar-refractivity contribution in [2.24, 2.45) is 23.7 Å². The lowest BCUT2D eigenvalue weighted by Crippen LogP contribution is -2.50. The SMILES string of the molecule is CC(C)[C@H](NC(=O)OC(C)(C)C)C(=O)C1C(=O)c2ccc(S(=O)(=O)c3ccc4c(c3)C(=O)C(C(=O)[C@@H](NC(=O)OC(C)(C)C)C(C)C)C4=O)cc2C1=O. The third kappa shape index (κ3) is 8.29. The van der Waals surface area contributed by atoms with E-state index in [1.165, 1.54) is 0 Å². The Morgan fingerprint density at radius 1 is 0.566 bits per heavy atom. The van der Waals surface area contributed by atoms with Crippen LogP contribution in [-0.4, -0.2) is 78.6 Å². The van der Waals surface area contributed by atoms with Crippen molar-refractivity contribution < 1.29 is 56.2 Å². The van der Waals surface area contributed by atoms with Gasteiger partial charge in [-0.3, -0.25) is 28.8 Å². The fourth-order valence-electron chi connectivity index (χ4n) is 6.09. The van der Waals surface area contributed by atoms with Gasteiger partial charge in [0.2, 0.25) is 9.84 Å². The average molecular weight is 753 g/mol. The van der Waals surface area contributed by atoms with Crippen molar-refractivity contribution in [3.05, 3.63) is 58.7 Å². The molecule has 2 aliphatic rings. The molecule has 2 unspecified atom stereocenters. The lowest BCUT2D eigenvalue weighted by atomic mass is 9.88. The van der Waals surface area contributed by atoms with Gasteiger partial charge in [-0.15, -0.1) is 0 Å². The zero-order chi connectivity index (χ0) is 40.1. The van der Waals surface area contributed by atoms with Crippen molar-refractivity contribution in [1.82, 2.24) is 10.6 Å². The van der Waals surface area contributed by atoms with Gasteiger partial charge in [0.05, 0.1) is 21.9 Å². The van der Waals surface area contributed by atoms with Crippen molar-refractivity contribution in [3.63, 3.8) is 0 Å². The van der Waals surface area contributed by atoms with E-state index in [2.05, 4.69) is 10.6 Å². The molecular weight excluding hydrogens is 708 g/mol. The first kappa shape index (κ1) is 40.7. The summed E-state index contributed by atoms with van der Waals surface area (Å²) in [6.45, 7) is 16.2. The highest BCUT2D eigenvalue weighted by Gasteiger charge is 2.49. The second kappa shape index (κ2) is 14.4. The van der Waals surface area contributed by atoms with E-state index in [0.717, 1.165) is 36.4 Å². The lowest BCUT2D eigenvalue weighted by Gasteiger charge is -2.26. The predicted molar refractivity (Wildman–Crippen MR) is 189 cm³/mol. The zero-order valence-electron chi connectivity index (χ0n) is 31.2. The van der Waals surface area contributed by atoms with Crippen LogP contribution in [0.3, 0.4) is 0 Å². The van der Waals surface area contributed by atoms with Crippen molar-refractivity contribution in [2.45, 2.75) is 102 Å². The number of fused-ring (bicyclic) bond motifs is 2. The maximum absolute atomic E-state index is 13.9. The third-order valence-electron chi connectivity index (χ3n) is 8.57. The Morgan fingerprint density at radius 3 is 1.15 bits per heavy atom. The van der Waals surface area contributed by atoms with Crippen molar-refractivity contribution in [2.75, 3.05) is 0 Å². The number of ether oxygens (including phenoxy) is 2. The highest BCUT2D eigenvalue weighted by atomic mass is 32.2. The molecule has 0 fully saturated rings. The zero-order valence-corrected chi connectivity index (χ0v) is 32.1. The number of ketones is 6. The number of nitrogens with one attached hydrogen (secondary N) is 2. The van der Waals surface area contributed by atoms with Crippen LogP contribution >= 0.6 is 0 Å². The summed E-state index contributed by atoms with van der Waals surface area (Å²) >= 11 is 0. The molecule has 2 N–H and O–H groups in total. The molecule has 0 radical (unpaired) electrons. The minimum Gasteiger partial charge on any atom is -0.444 e. The van der Waals surface area contributed by atoms with Crippen molar-refractivity contribution in [3.8, 4) is 0 Å². The van der Waals surface area contributed by atoms with Crippen LogP contribution < -0.4 is 10.6 Å². The summed E-state index contributed by atoms with van der Waals surface area (Å²) in [6.07, 6.45) is -1.84. The van der Waals surface area contributed by atoms with Crippen LogP contribution in [0.4, 0.5) is 9.59 Å². The van der Waals surface area contributed by atoms with Gasteiger partial charge in [-0.2, -0.15) is 0 Å². The largest absolute Gasteiger partial charge is 0.444 e. The number of benzene rings is 2. The molecule has 0 aliphatic heterocycles. The van der Waals surface area contributed by atoms with Gasteiger partial charge in [-0.25, -0.2) is 18.0 Å². The first-order valence-corrected chi connectivity index (χ1v) is 18.5. The lowest BCUT2D eigenvalue weighted by molar-refractivity contribution is -0.124. The fourth-order valence-corrected chi connectivity index (χ4v) is 7.40. The molecule has 284 valence electrons. The van der Waals surface area contributed by atoms with Gasteiger partial charge in [-0.05, 0) is 89.8 Å². The first-order valence-electron chi connectivity index (χ1n) is 17.0. The molecule has 0 saturated heterocycles. The minimum atomic E-state index is -4.51. The first-order chi connectivity index (χ1) is 24.3. The number of sulfone groups is 1. The standard InChI is InChI=1S/C38H44N2O12S/c1-17(2)27(39-35(47)51-37(5,6)7)33(45)25-29(41)21-13-11-19(15-23(21)31(25)43)53(49,50)20-12-14-22-24(16-20)32(44)26(30(22)42)34(46)28(18(3)4)40-36(48)52-38(8,9)10/h11-18,25-28H,1-10H3,(H,39,47)(H,40,48)/t25?,26?,27-,28-/m0/s1. The number of carbonyl (C=O) groups excluding carboxylic acids is 8. The molecule has 2 aliphatic carbocycles. The molecule has 0 spiro atoms. The van der Waals surface area contributed by atoms with Crippen molar-refractivity contribution >= 4 is 56.7 Å². The highest BCUT2D eigenvalue weighted by Crippen LogP contribution is 2.35. The number of alkyl carbamates (subject to hydrolysis) is 2. The van der Waals surface area contributed by atoms with Crippen LogP contribution in [0.1, 0.15) is 111 Å². The smallest absolute Gasteiger partial charge is 0.408 e. The molecule has 0 heterocycles. The van der Waals surface area contributed by atoms with Crippen LogP contribution in [0.15, 0.2) is 46.2 Å². The minimum absolute atomic E-state index is 0.178. The monoisotopic (exact) mass is 752 g/mol.